The van der Waals surface area contributed by atoms with Crippen molar-refractivity contribution in [3.8, 4) is 6.07 Å². The second-order valence-corrected chi connectivity index (χ2v) is 5.43. The Bertz CT molecular complexity index is 315. The smallest absolute Gasteiger partial charge is 0.224 e. The normalized spacial score (nSPS) is 34.2. The van der Waals surface area contributed by atoms with Crippen molar-refractivity contribution in [2.24, 2.45) is 11.8 Å². The number of nitrogens with one attached hydrogen (secondary N) is 1. The third kappa shape index (κ3) is 3.19. The molecule has 1 N–H and O–H groups in total. The number of nitriles is 1. The SMILES string of the molecule is CN1CCC(C(=O)NC2CCC(C#N)CC2)C1. The standard InChI is InChI=1S/C13H21N3O/c1-16-7-6-11(9-16)13(17)15-12-4-2-10(8-14)3-5-12/h10-12H,2-7,9H2,1H3,(H,15,17). The summed E-state index contributed by atoms with van der Waals surface area (Å²) in [4.78, 5) is 14.2. The number of nitrogens with zero attached hydrogens (tertiary/aromatic N) is 2. The average molecular weight is 235 g/mol. The van der Waals surface area contributed by atoms with Gasteiger partial charge in [0, 0.05) is 18.5 Å². The monoisotopic (exact) mass is 235 g/mol. The summed E-state index contributed by atoms with van der Waals surface area (Å²) in [5.74, 6) is 0.601. The molecule has 2 fully saturated rings. The van der Waals surface area contributed by atoms with Gasteiger partial charge in [0.05, 0.1) is 12.0 Å². The molecule has 1 saturated heterocycles. The molecule has 0 spiro atoms. The Kier molecular flexibility index (Phi) is 4.01. The zero-order valence-corrected chi connectivity index (χ0v) is 10.5. The molecule has 0 aromatic carbocycles. The molecule has 0 aromatic rings. The van der Waals surface area contributed by atoms with E-state index in [-0.39, 0.29) is 17.7 Å². The van der Waals surface area contributed by atoms with E-state index in [1.165, 1.54) is 0 Å². The van der Waals surface area contributed by atoms with Crippen molar-refractivity contribution >= 4 is 5.91 Å². The summed E-state index contributed by atoms with van der Waals surface area (Å²) in [5.41, 5.74) is 0. The molecular formula is C13H21N3O. The number of rotatable bonds is 2. The van der Waals surface area contributed by atoms with E-state index < -0.39 is 0 Å². The van der Waals surface area contributed by atoms with Crippen LogP contribution in [0.2, 0.25) is 0 Å². The van der Waals surface area contributed by atoms with Crippen LogP contribution in [0, 0.1) is 23.2 Å². The fraction of sp³-hybridized carbons (Fsp3) is 0.846. The molecule has 4 heteroatoms. The van der Waals surface area contributed by atoms with Crippen molar-refractivity contribution in [1.29, 1.82) is 5.26 Å². The van der Waals surface area contributed by atoms with E-state index >= 15 is 0 Å². The van der Waals surface area contributed by atoms with Crippen LogP contribution in [-0.2, 0) is 4.79 Å². The second-order valence-electron chi connectivity index (χ2n) is 5.43. The summed E-state index contributed by atoms with van der Waals surface area (Å²) in [6.45, 7) is 1.92. The van der Waals surface area contributed by atoms with Crippen molar-refractivity contribution in [3.63, 3.8) is 0 Å². The maximum absolute atomic E-state index is 12.0. The summed E-state index contributed by atoms with van der Waals surface area (Å²) in [6.07, 6.45) is 4.78. The summed E-state index contributed by atoms with van der Waals surface area (Å²) in [7, 11) is 2.06. The van der Waals surface area contributed by atoms with Crippen molar-refractivity contribution in [2.45, 2.75) is 38.1 Å². The summed E-state index contributed by atoms with van der Waals surface area (Å²) in [5, 5.41) is 12.0. The van der Waals surface area contributed by atoms with Gasteiger partial charge in [0.1, 0.15) is 0 Å². The molecule has 4 nitrogen and oxygen atoms in total. The van der Waals surface area contributed by atoms with Crippen LogP contribution in [0.1, 0.15) is 32.1 Å². The van der Waals surface area contributed by atoms with Crippen LogP contribution in [0.3, 0.4) is 0 Å². The Hall–Kier alpha value is -1.08. The number of hydrogen-bond acceptors (Lipinski definition) is 3. The quantitative estimate of drug-likeness (QED) is 0.780. The maximum atomic E-state index is 12.0. The molecule has 1 amide bonds. The van der Waals surface area contributed by atoms with E-state index in [4.69, 9.17) is 5.26 Å². The van der Waals surface area contributed by atoms with Crippen LogP contribution < -0.4 is 5.32 Å². The predicted molar refractivity (Wildman–Crippen MR) is 65.1 cm³/mol. The molecule has 94 valence electrons. The Morgan fingerprint density at radius 3 is 2.53 bits per heavy atom. The van der Waals surface area contributed by atoms with E-state index in [0.29, 0.717) is 6.04 Å². The minimum Gasteiger partial charge on any atom is -0.353 e. The molecular weight excluding hydrogens is 214 g/mol. The highest BCUT2D eigenvalue weighted by Crippen LogP contribution is 2.24. The maximum Gasteiger partial charge on any atom is 0.224 e. The van der Waals surface area contributed by atoms with Crippen LogP contribution >= 0.6 is 0 Å². The third-order valence-corrected chi connectivity index (χ3v) is 4.02. The molecule has 0 aromatic heterocycles. The van der Waals surface area contributed by atoms with Gasteiger partial charge in [0.15, 0.2) is 0 Å². The molecule has 1 aliphatic carbocycles. The molecule has 0 radical (unpaired) electrons. The van der Waals surface area contributed by atoms with E-state index in [0.717, 1.165) is 45.2 Å². The minimum absolute atomic E-state index is 0.175. The van der Waals surface area contributed by atoms with Crippen LogP contribution in [0.15, 0.2) is 0 Å². The summed E-state index contributed by atoms with van der Waals surface area (Å²) in [6, 6.07) is 2.62. The topological polar surface area (TPSA) is 56.1 Å². The fourth-order valence-corrected chi connectivity index (χ4v) is 2.83. The molecule has 0 bridgehead atoms. The molecule has 2 aliphatic rings. The molecule has 1 aliphatic heterocycles. The highest BCUT2D eigenvalue weighted by atomic mass is 16.2. The first kappa shape index (κ1) is 12.4. The molecule has 17 heavy (non-hydrogen) atoms. The fourth-order valence-electron chi connectivity index (χ4n) is 2.83. The van der Waals surface area contributed by atoms with E-state index in [9.17, 15) is 4.79 Å². The molecule has 1 unspecified atom stereocenters. The van der Waals surface area contributed by atoms with Crippen molar-refractivity contribution in [1.82, 2.24) is 10.2 Å². The Balaban J connectivity index is 1.75. The van der Waals surface area contributed by atoms with Crippen molar-refractivity contribution in [2.75, 3.05) is 20.1 Å². The summed E-state index contributed by atoms with van der Waals surface area (Å²) < 4.78 is 0. The number of likely N-dealkylation sites (tertiary alicyclic amines) is 1. The second kappa shape index (κ2) is 5.50. The van der Waals surface area contributed by atoms with E-state index in [2.05, 4.69) is 23.3 Å². The first-order chi connectivity index (χ1) is 8.19. The van der Waals surface area contributed by atoms with Gasteiger partial charge in [-0.2, -0.15) is 5.26 Å². The lowest BCUT2D eigenvalue weighted by molar-refractivity contribution is -0.125. The Labute approximate surface area is 103 Å². The van der Waals surface area contributed by atoms with Gasteiger partial charge < -0.3 is 10.2 Å². The number of carbonyl (C=O) groups is 1. The van der Waals surface area contributed by atoms with Crippen LogP contribution in [0.4, 0.5) is 0 Å². The zero-order valence-electron chi connectivity index (χ0n) is 10.5. The van der Waals surface area contributed by atoms with Gasteiger partial charge in [-0.3, -0.25) is 4.79 Å². The van der Waals surface area contributed by atoms with Crippen LogP contribution in [0.25, 0.3) is 0 Å². The zero-order chi connectivity index (χ0) is 12.3. The predicted octanol–water partition coefficient (Wildman–Crippen LogP) is 1.14. The Morgan fingerprint density at radius 1 is 1.29 bits per heavy atom. The molecule has 2 rings (SSSR count). The van der Waals surface area contributed by atoms with Crippen LogP contribution in [-0.4, -0.2) is 37.0 Å². The van der Waals surface area contributed by atoms with Crippen molar-refractivity contribution < 1.29 is 4.79 Å². The minimum atomic E-state index is 0.175. The number of amides is 1. The lowest BCUT2D eigenvalue weighted by Crippen LogP contribution is -2.41. The highest BCUT2D eigenvalue weighted by Gasteiger charge is 2.29. The third-order valence-electron chi connectivity index (χ3n) is 4.02. The van der Waals surface area contributed by atoms with E-state index in [1.54, 1.807) is 0 Å². The van der Waals surface area contributed by atoms with Crippen molar-refractivity contribution in [3.05, 3.63) is 0 Å². The van der Waals surface area contributed by atoms with Gasteiger partial charge >= 0.3 is 0 Å². The van der Waals surface area contributed by atoms with Gasteiger partial charge in [-0.1, -0.05) is 0 Å². The van der Waals surface area contributed by atoms with Gasteiger partial charge in [-0.05, 0) is 45.7 Å². The largest absolute Gasteiger partial charge is 0.353 e. The average Bonchev–Trinajstić information content (AvgIpc) is 2.77. The lowest BCUT2D eigenvalue weighted by Gasteiger charge is -2.26. The van der Waals surface area contributed by atoms with Gasteiger partial charge in [-0.15, -0.1) is 0 Å². The lowest BCUT2D eigenvalue weighted by atomic mass is 9.87. The van der Waals surface area contributed by atoms with E-state index in [1.807, 2.05) is 0 Å². The number of hydrogen-bond donors (Lipinski definition) is 1. The molecule has 1 saturated carbocycles. The Morgan fingerprint density at radius 2 is 2.00 bits per heavy atom. The summed E-state index contributed by atoms with van der Waals surface area (Å²) >= 11 is 0. The highest BCUT2D eigenvalue weighted by molar-refractivity contribution is 5.79. The first-order valence-corrected chi connectivity index (χ1v) is 6.57. The molecule has 1 heterocycles. The van der Waals surface area contributed by atoms with Gasteiger partial charge in [-0.25, -0.2) is 0 Å². The first-order valence-electron chi connectivity index (χ1n) is 6.57. The number of carbonyl (C=O) groups excluding carboxylic acids is 1. The van der Waals surface area contributed by atoms with Gasteiger partial charge in [0.25, 0.3) is 0 Å². The van der Waals surface area contributed by atoms with Crippen LogP contribution in [0.5, 0.6) is 0 Å². The molecule has 1 atom stereocenters. The van der Waals surface area contributed by atoms with Gasteiger partial charge in [0.2, 0.25) is 5.91 Å².